The standard InChI is InChI=1S/C24H23N3O2/c1-3-29-24(28)23(18-26)22(20-8-5-4-6-9-20)15-12-19-10-13-21(14-11-19)27(2)17-7-16-25/h4-6,8-15H,3,7,17H2,1-2H3/b15-12+,23-22-. The van der Waals surface area contributed by atoms with Crippen molar-refractivity contribution >= 4 is 23.3 Å². The second-order valence-electron chi connectivity index (χ2n) is 6.24. The average molecular weight is 385 g/mol. The van der Waals surface area contributed by atoms with E-state index in [1.165, 1.54) is 0 Å². The van der Waals surface area contributed by atoms with Gasteiger partial charge < -0.3 is 9.64 Å². The highest BCUT2D eigenvalue weighted by Crippen LogP contribution is 2.23. The van der Waals surface area contributed by atoms with E-state index in [1.807, 2.05) is 78.7 Å². The van der Waals surface area contributed by atoms with E-state index in [4.69, 9.17) is 10.00 Å². The molecule has 0 unspecified atom stereocenters. The Morgan fingerprint density at radius 1 is 1.10 bits per heavy atom. The molecule has 0 aliphatic rings. The summed E-state index contributed by atoms with van der Waals surface area (Å²) < 4.78 is 5.04. The minimum atomic E-state index is -0.632. The van der Waals surface area contributed by atoms with E-state index in [0.717, 1.165) is 16.8 Å². The molecule has 2 aromatic rings. The predicted molar refractivity (Wildman–Crippen MR) is 115 cm³/mol. The van der Waals surface area contributed by atoms with Gasteiger partial charge in [-0.15, -0.1) is 0 Å². The van der Waals surface area contributed by atoms with E-state index < -0.39 is 5.97 Å². The fraction of sp³-hybridized carbons (Fsp3) is 0.208. The van der Waals surface area contributed by atoms with Crippen molar-refractivity contribution in [1.82, 2.24) is 0 Å². The molecule has 0 aromatic heterocycles. The normalized spacial score (nSPS) is 11.3. The van der Waals surface area contributed by atoms with Gasteiger partial charge in [0.05, 0.1) is 19.1 Å². The molecule has 0 aliphatic heterocycles. The first-order valence-electron chi connectivity index (χ1n) is 9.33. The van der Waals surface area contributed by atoms with Crippen LogP contribution in [0.25, 0.3) is 11.6 Å². The quantitative estimate of drug-likeness (QED) is 0.287. The third kappa shape index (κ3) is 6.09. The molecule has 0 amide bonds. The molecular weight excluding hydrogens is 362 g/mol. The van der Waals surface area contributed by atoms with Crippen LogP contribution in [0, 0.1) is 22.7 Å². The number of esters is 1. The number of rotatable bonds is 8. The number of nitriles is 2. The van der Waals surface area contributed by atoms with Gasteiger partial charge in [-0.05, 0) is 30.2 Å². The summed E-state index contributed by atoms with van der Waals surface area (Å²) in [5.74, 6) is -0.632. The highest BCUT2D eigenvalue weighted by molar-refractivity contribution is 6.04. The SMILES string of the molecule is CCOC(=O)/C(C#N)=C(/C=C/c1ccc(N(C)CCC#N)cc1)c1ccccc1. The summed E-state index contributed by atoms with van der Waals surface area (Å²) in [6.07, 6.45) is 4.09. The van der Waals surface area contributed by atoms with E-state index in [9.17, 15) is 10.1 Å². The third-order valence-corrected chi connectivity index (χ3v) is 4.28. The van der Waals surface area contributed by atoms with E-state index in [0.29, 0.717) is 18.5 Å². The van der Waals surface area contributed by atoms with Gasteiger partial charge in [0.1, 0.15) is 11.6 Å². The molecule has 2 aromatic carbocycles. The van der Waals surface area contributed by atoms with Crippen LogP contribution in [0.2, 0.25) is 0 Å². The van der Waals surface area contributed by atoms with Crippen LogP contribution in [0.4, 0.5) is 5.69 Å². The molecule has 0 spiro atoms. The fourth-order valence-electron chi connectivity index (χ4n) is 2.73. The first kappa shape index (κ1) is 21.5. The molecule has 5 heteroatoms. The first-order chi connectivity index (χ1) is 14.1. The Hall–Kier alpha value is -3.83. The second kappa shape index (κ2) is 11.1. The van der Waals surface area contributed by atoms with E-state index in [1.54, 1.807) is 13.0 Å². The lowest BCUT2D eigenvalue weighted by Crippen LogP contribution is -2.17. The van der Waals surface area contributed by atoms with Crippen molar-refractivity contribution in [3.05, 3.63) is 77.4 Å². The van der Waals surface area contributed by atoms with Gasteiger partial charge in [-0.25, -0.2) is 4.79 Å². The molecular formula is C24H23N3O2. The lowest BCUT2D eigenvalue weighted by molar-refractivity contribution is -0.137. The number of hydrogen-bond donors (Lipinski definition) is 0. The first-order valence-corrected chi connectivity index (χ1v) is 9.33. The lowest BCUT2D eigenvalue weighted by atomic mass is 9.99. The summed E-state index contributed by atoms with van der Waals surface area (Å²) >= 11 is 0. The van der Waals surface area contributed by atoms with Crippen LogP contribution < -0.4 is 4.90 Å². The topological polar surface area (TPSA) is 77.1 Å². The molecule has 0 radical (unpaired) electrons. The minimum absolute atomic E-state index is 0.0258. The number of nitrogens with zero attached hydrogens (tertiary/aromatic N) is 3. The van der Waals surface area contributed by atoms with Crippen LogP contribution in [0.15, 0.2) is 66.2 Å². The van der Waals surface area contributed by atoms with E-state index in [-0.39, 0.29) is 12.2 Å². The maximum absolute atomic E-state index is 12.2. The summed E-state index contributed by atoms with van der Waals surface area (Å²) in [7, 11) is 1.94. The van der Waals surface area contributed by atoms with Gasteiger partial charge in [-0.1, -0.05) is 54.6 Å². The Balaban J connectivity index is 2.34. The average Bonchev–Trinajstić information content (AvgIpc) is 2.76. The molecule has 146 valence electrons. The van der Waals surface area contributed by atoms with Crippen molar-refractivity contribution in [3.63, 3.8) is 0 Å². The second-order valence-corrected chi connectivity index (χ2v) is 6.24. The molecule has 5 nitrogen and oxygen atoms in total. The zero-order chi connectivity index (χ0) is 21.1. The van der Waals surface area contributed by atoms with Crippen molar-refractivity contribution in [2.24, 2.45) is 0 Å². The van der Waals surface area contributed by atoms with Gasteiger partial charge >= 0.3 is 5.97 Å². The van der Waals surface area contributed by atoms with Crippen molar-refractivity contribution in [1.29, 1.82) is 10.5 Å². The summed E-state index contributed by atoms with van der Waals surface area (Å²) in [6.45, 7) is 2.58. The summed E-state index contributed by atoms with van der Waals surface area (Å²) in [5, 5.41) is 18.3. The number of benzene rings is 2. The number of anilines is 1. The predicted octanol–water partition coefficient (Wildman–Crippen LogP) is 4.59. The van der Waals surface area contributed by atoms with Crippen LogP contribution in [-0.2, 0) is 9.53 Å². The fourth-order valence-corrected chi connectivity index (χ4v) is 2.73. The summed E-state index contributed by atoms with van der Waals surface area (Å²) in [5.41, 5.74) is 3.20. The lowest BCUT2D eigenvalue weighted by Gasteiger charge is -2.17. The monoisotopic (exact) mass is 385 g/mol. The number of hydrogen-bond acceptors (Lipinski definition) is 5. The Bertz CT molecular complexity index is 962. The van der Waals surface area contributed by atoms with E-state index in [2.05, 4.69) is 6.07 Å². The van der Waals surface area contributed by atoms with Crippen LogP contribution >= 0.6 is 0 Å². The smallest absolute Gasteiger partial charge is 0.349 e. The molecule has 29 heavy (non-hydrogen) atoms. The summed E-state index contributed by atoms with van der Waals surface area (Å²) in [6, 6.07) is 21.3. The number of ether oxygens (including phenoxy) is 1. The van der Waals surface area contributed by atoms with Crippen LogP contribution in [0.3, 0.4) is 0 Å². The third-order valence-electron chi connectivity index (χ3n) is 4.28. The van der Waals surface area contributed by atoms with Crippen molar-refractivity contribution in [3.8, 4) is 12.1 Å². The highest BCUT2D eigenvalue weighted by atomic mass is 16.5. The zero-order valence-corrected chi connectivity index (χ0v) is 16.6. The van der Waals surface area contributed by atoms with Crippen molar-refractivity contribution in [2.45, 2.75) is 13.3 Å². The molecule has 0 atom stereocenters. The van der Waals surface area contributed by atoms with Gasteiger partial charge in [0.15, 0.2) is 0 Å². The van der Waals surface area contributed by atoms with Crippen LogP contribution in [0.5, 0.6) is 0 Å². The molecule has 2 rings (SSSR count). The zero-order valence-electron chi connectivity index (χ0n) is 16.6. The van der Waals surface area contributed by atoms with Crippen molar-refractivity contribution in [2.75, 3.05) is 25.1 Å². The van der Waals surface area contributed by atoms with E-state index >= 15 is 0 Å². The summed E-state index contributed by atoms with van der Waals surface area (Å²) in [4.78, 5) is 14.3. The maximum Gasteiger partial charge on any atom is 0.349 e. The Labute approximate surface area is 171 Å². The number of carbonyl (C=O) groups excluding carboxylic acids is 1. The molecule has 0 aliphatic carbocycles. The minimum Gasteiger partial charge on any atom is -0.462 e. The van der Waals surface area contributed by atoms with Gasteiger partial charge in [-0.3, -0.25) is 0 Å². The van der Waals surface area contributed by atoms with Gasteiger partial charge in [0.2, 0.25) is 0 Å². The Morgan fingerprint density at radius 3 is 2.38 bits per heavy atom. The largest absolute Gasteiger partial charge is 0.462 e. The molecule has 0 bridgehead atoms. The molecule has 0 saturated heterocycles. The molecule has 0 fully saturated rings. The molecule has 0 saturated carbocycles. The van der Waals surface area contributed by atoms with Gasteiger partial charge in [-0.2, -0.15) is 10.5 Å². The molecule has 0 heterocycles. The van der Waals surface area contributed by atoms with Crippen LogP contribution in [-0.4, -0.2) is 26.2 Å². The number of allylic oxidation sites excluding steroid dienone is 2. The molecule has 0 N–H and O–H groups in total. The van der Waals surface area contributed by atoms with Crippen molar-refractivity contribution < 1.29 is 9.53 Å². The van der Waals surface area contributed by atoms with Crippen LogP contribution in [0.1, 0.15) is 24.5 Å². The maximum atomic E-state index is 12.2. The Kier molecular flexibility index (Phi) is 8.23. The Morgan fingerprint density at radius 2 is 1.79 bits per heavy atom. The number of carbonyl (C=O) groups is 1. The van der Waals surface area contributed by atoms with Gasteiger partial charge in [0.25, 0.3) is 0 Å². The highest BCUT2D eigenvalue weighted by Gasteiger charge is 2.16. The van der Waals surface area contributed by atoms with Gasteiger partial charge in [0, 0.05) is 24.9 Å².